The Labute approximate surface area is 167 Å². The average Bonchev–Trinajstić information content (AvgIpc) is 2.72. The molecule has 0 amide bonds. The number of aliphatic hydroxyl groups excluding tert-OH is 2. The Kier molecular flexibility index (Phi) is 8.46. The van der Waals surface area contributed by atoms with Gasteiger partial charge in [0, 0.05) is 0 Å². The molecule has 2 nitrogen and oxygen atoms in total. The van der Waals surface area contributed by atoms with Gasteiger partial charge >= 0.3 is 0 Å². The van der Waals surface area contributed by atoms with Gasteiger partial charge in [-0.1, -0.05) is 69.2 Å². The topological polar surface area (TPSA) is 40.5 Å². The third-order valence-electron chi connectivity index (χ3n) is 7.82. The molecule has 0 heterocycles. The first kappa shape index (κ1) is 21.1. The van der Waals surface area contributed by atoms with Gasteiger partial charge in [0.05, 0.1) is 12.2 Å². The molecule has 154 valence electrons. The highest BCUT2D eigenvalue weighted by Gasteiger charge is 2.37. The number of fused-ring (bicyclic) bond motifs is 1. The molecule has 3 aliphatic rings. The molecule has 3 rings (SSSR count). The monoisotopic (exact) mass is 374 g/mol. The molecule has 6 unspecified atom stereocenters. The molecular weight excluding hydrogens is 332 g/mol. The summed E-state index contributed by atoms with van der Waals surface area (Å²) in [7, 11) is 0. The van der Waals surface area contributed by atoms with E-state index in [1.165, 1.54) is 50.5 Å². The fourth-order valence-corrected chi connectivity index (χ4v) is 6.16. The van der Waals surface area contributed by atoms with E-state index in [1.54, 1.807) is 0 Å². The summed E-state index contributed by atoms with van der Waals surface area (Å²) in [6.45, 7) is 2.20. The molecule has 3 aliphatic carbocycles. The maximum atomic E-state index is 10.9. The van der Waals surface area contributed by atoms with Gasteiger partial charge in [0.1, 0.15) is 0 Å². The van der Waals surface area contributed by atoms with Crippen molar-refractivity contribution in [2.75, 3.05) is 0 Å². The molecule has 0 bridgehead atoms. The van der Waals surface area contributed by atoms with Crippen LogP contribution in [-0.2, 0) is 0 Å². The van der Waals surface area contributed by atoms with Gasteiger partial charge in [-0.2, -0.15) is 0 Å². The van der Waals surface area contributed by atoms with Crippen molar-refractivity contribution in [3.8, 4) is 0 Å². The van der Waals surface area contributed by atoms with Crippen molar-refractivity contribution in [2.24, 2.45) is 23.7 Å². The standard InChI is InChI=1S/C25H42O2/c1-2-20(18-19-10-4-3-5-11-19)24(26)16-9-17-25(27)23-15-8-13-21-12-6-7-14-22(21)23/h3-4,10,20-27H,2,5-9,11-18H2,1H3. The van der Waals surface area contributed by atoms with Crippen molar-refractivity contribution in [1.82, 2.24) is 0 Å². The molecule has 0 aliphatic heterocycles. The number of allylic oxidation sites excluding steroid dienone is 4. The Morgan fingerprint density at radius 1 is 1.04 bits per heavy atom. The highest BCUT2D eigenvalue weighted by Crippen LogP contribution is 2.45. The van der Waals surface area contributed by atoms with Crippen LogP contribution in [0, 0.1) is 23.7 Å². The zero-order chi connectivity index (χ0) is 19.1. The van der Waals surface area contributed by atoms with Crippen LogP contribution in [0.15, 0.2) is 23.8 Å². The van der Waals surface area contributed by atoms with E-state index in [9.17, 15) is 10.2 Å². The van der Waals surface area contributed by atoms with Gasteiger partial charge in [0.25, 0.3) is 0 Å². The molecule has 2 saturated carbocycles. The van der Waals surface area contributed by atoms with Crippen LogP contribution in [-0.4, -0.2) is 22.4 Å². The van der Waals surface area contributed by atoms with Crippen molar-refractivity contribution in [2.45, 2.75) is 109 Å². The van der Waals surface area contributed by atoms with Crippen LogP contribution >= 0.6 is 0 Å². The van der Waals surface area contributed by atoms with E-state index in [4.69, 9.17) is 0 Å². The first-order valence-corrected chi connectivity index (χ1v) is 11.9. The Hall–Kier alpha value is -0.600. The van der Waals surface area contributed by atoms with E-state index < -0.39 is 0 Å². The second-order valence-electron chi connectivity index (χ2n) is 9.53. The average molecular weight is 375 g/mol. The van der Waals surface area contributed by atoms with Crippen molar-refractivity contribution >= 4 is 0 Å². The van der Waals surface area contributed by atoms with Gasteiger partial charge in [-0.3, -0.25) is 0 Å². The molecule has 0 saturated heterocycles. The fourth-order valence-electron chi connectivity index (χ4n) is 6.16. The van der Waals surface area contributed by atoms with Crippen LogP contribution in [0.25, 0.3) is 0 Å². The normalized spacial score (nSPS) is 31.7. The number of hydrogen-bond acceptors (Lipinski definition) is 2. The first-order valence-electron chi connectivity index (χ1n) is 11.9. The van der Waals surface area contributed by atoms with Crippen LogP contribution in [0.1, 0.15) is 96.8 Å². The van der Waals surface area contributed by atoms with Gasteiger partial charge in [0.2, 0.25) is 0 Å². The summed E-state index contributed by atoms with van der Waals surface area (Å²) >= 11 is 0. The number of rotatable bonds is 9. The van der Waals surface area contributed by atoms with Crippen LogP contribution in [0.3, 0.4) is 0 Å². The molecule has 0 aromatic carbocycles. The zero-order valence-electron chi connectivity index (χ0n) is 17.5. The largest absolute Gasteiger partial charge is 0.393 e. The van der Waals surface area contributed by atoms with Crippen molar-refractivity contribution in [3.63, 3.8) is 0 Å². The van der Waals surface area contributed by atoms with Crippen molar-refractivity contribution in [3.05, 3.63) is 23.8 Å². The lowest BCUT2D eigenvalue weighted by Gasteiger charge is -2.43. The van der Waals surface area contributed by atoms with E-state index in [-0.39, 0.29) is 12.2 Å². The Bertz CT molecular complexity index is 493. The summed E-state index contributed by atoms with van der Waals surface area (Å²) < 4.78 is 0. The van der Waals surface area contributed by atoms with Crippen LogP contribution in [0.5, 0.6) is 0 Å². The minimum atomic E-state index is -0.220. The van der Waals surface area contributed by atoms with Crippen LogP contribution in [0.2, 0.25) is 0 Å². The second-order valence-corrected chi connectivity index (χ2v) is 9.53. The van der Waals surface area contributed by atoms with Gasteiger partial charge in [-0.25, -0.2) is 0 Å². The molecule has 2 N–H and O–H groups in total. The smallest absolute Gasteiger partial charge is 0.0571 e. The lowest BCUT2D eigenvalue weighted by molar-refractivity contribution is -0.00434. The molecule has 0 radical (unpaired) electrons. The lowest BCUT2D eigenvalue weighted by Crippen LogP contribution is -2.37. The fraction of sp³-hybridized carbons (Fsp3) is 0.840. The Balaban J connectivity index is 1.42. The summed E-state index contributed by atoms with van der Waals surface area (Å²) in [5, 5.41) is 21.6. The molecule has 6 atom stereocenters. The number of hydrogen-bond donors (Lipinski definition) is 2. The third-order valence-corrected chi connectivity index (χ3v) is 7.82. The van der Waals surface area contributed by atoms with E-state index in [0.717, 1.165) is 56.8 Å². The molecular formula is C25H42O2. The predicted molar refractivity (Wildman–Crippen MR) is 114 cm³/mol. The highest BCUT2D eigenvalue weighted by molar-refractivity contribution is 5.18. The Morgan fingerprint density at radius 2 is 1.85 bits per heavy atom. The minimum absolute atomic E-state index is 0.144. The summed E-state index contributed by atoms with van der Waals surface area (Å²) in [6, 6.07) is 0. The zero-order valence-corrected chi connectivity index (χ0v) is 17.5. The van der Waals surface area contributed by atoms with Crippen molar-refractivity contribution in [1.29, 1.82) is 0 Å². The van der Waals surface area contributed by atoms with E-state index >= 15 is 0 Å². The van der Waals surface area contributed by atoms with Crippen molar-refractivity contribution < 1.29 is 10.2 Å². The first-order chi connectivity index (χ1) is 13.2. The SMILES string of the molecule is CCC(CC1=CC=CCC1)C(O)CCCC(O)C1CCCC2CCCCC21. The van der Waals surface area contributed by atoms with Gasteiger partial charge in [0.15, 0.2) is 0 Å². The van der Waals surface area contributed by atoms with Crippen LogP contribution in [0.4, 0.5) is 0 Å². The van der Waals surface area contributed by atoms with Gasteiger partial charge < -0.3 is 10.2 Å². The Morgan fingerprint density at radius 3 is 2.63 bits per heavy atom. The van der Waals surface area contributed by atoms with Gasteiger partial charge in [-0.05, 0) is 75.0 Å². The summed E-state index contributed by atoms with van der Waals surface area (Å²) in [6.07, 6.45) is 22.8. The number of aliphatic hydroxyl groups is 2. The predicted octanol–water partition coefficient (Wildman–Crippen LogP) is 6.18. The quantitative estimate of drug-likeness (QED) is 0.506. The summed E-state index contributed by atoms with van der Waals surface area (Å²) in [4.78, 5) is 0. The maximum absolute atomic E-state index is 10.9. The molecule has 0 aromatic rings. The molecule has 2 fully saturated rings. The summed E-state index contributed by atoms with van der Waals surface area (Å²) in [5.41, 5.74) is 1.49. The maximum Gasteiger partial charge on any atom is 0.0571 e. The molecule has 27 heavy (non-hydrogen) atoms. The summed E-state index contributed by atoms with van der Waals surface area (Å²) in [5.74, 6) is 2.57. The van der Waals surface area contributed by atoms with Crippen LogP contribution < -0.4 is 0 Å². The van der Waals surface area contributed by atoms with Gasteiger partial charge in [-0.15, -0.1) is 0 Å². The highest BCUT2D eigenvalue weighted by atomic mass is 16.3. The molecule has 2 heteroatoms. The molecule has 0 aromatic heterocycles. The second kappa shape index (κ2) is 10.8. The van der Waals surface area contributed by atoms with E-state index in [1.807, 2.05) is 0 Å². The minimum Gasteiger partial charge on any atom is -0.393 e. The van der Waals surface area contributed by atoms with E-state index in [2.05, 4.69) is 25.2 Å². The molecule has 0 spiro atoms. The van der Waals surface area contributed by atoms with E-state index in [0.29, 0.717) is 11.8 Å². The third kappa shape index (κ3) is 5.94. The lowest BCUT2D eigenvalue weighted by atomic mass is 9.63.